The van der Waals surface area contributed by atoms with E-state index in [2.05, 4.69) is 34.1 Å². The van der Waals surface area contributed by atoms with Crippen LogP contribution in [-0.2, 0) is 0 Å². The summed E-state index contributed by atoms with van der Waals surface area (Å²) in [5.41, 5.74) is 6.21. The Morgan fingerprint density at radius 1 is 1.24 bits per heavy atom. The van der Waals surface area contributed by atoms with Gasteiger partial charge in [0.1, 0.15) is 5.76 Å². The normalized spacial score (nSPS) is 13.1. The van der Waals surface area contributed by atoms with Crippen molar-refractivity contribution < 1.29 is 4.42 Å². The van der Waals surface area contributed by atoms with E-state index in [9.17, 15) is 0 Å². The smallest absolute Gasteiger partial charge is 0.139 e. The number of fused-ring (bicyclic) bond motifs is 1. The van der Waals surface area contributed by atoms with Crippen LogP contribution in [-0.4, -0.2) is 0 Å². The molecular formula is C13H10BrNOS. The van der Waals surface area contributed by atoms with Gasteiger partial charge < -0.3 is 10.2 Å². The summed E-state index contributed by atoms with van der Waals surface area (Å²) in [6.45, 7) is 0. The third-order valence-corrected chi connectivity index (χ3v) is 4.53. The summed E-state index contributed by atoms with van der Waals surface area (Å²) in [5, 5.41) is 1.23. The maximum Gasteiger partial charge on any atom is 0.139 e. The minimum atomic E-state index is -0.211. The molecule has 0 saturated heterocycles. The predicted octanol–water partition coefficient (Wildman–Crippen LogP) is 4.30. The summed E-state index contributed by atoms with van der Waals surface area (Å²) in [5.74, 6) is 0.775. The molecule has 0 aliphatic rings. The second-order valence-electron chi connectivity index (χ2n) is 3.80. The van der Waals surface area contributed by atoms with E-state index in [1.165, 1.54) is 10.1 Å². The van der Waals surface area contributed by atoms with Gasteiger partial charge in [-0.1, -0.05) is 18.2 Å². The van der Waals surface area contributed by atoms with E-state index in [0.29, 0.717) is 0 Å². The Balaban J connectivity index is 2.07. The molecule has 0 radical (unpaired) electrons. The Hall–Kier alpha value is -1.10. The molecule has 0 bridgehead atoms. The van der Waals surface area contributed by atoms with Crippen LogP contribution in [0.2, 0.25) is 0 Å². The largest absolute Gasteiger partial charge is 0.466 e. The van der Waals surface area contributed by atoms with E-state index < -0.39 is 0 Å². The van der Waals surface area contributed by atoms with Crippen molar-refractivity contribution >= 4 is 37.4 Å². The topological polar surface area (TPSA) is 39.2 Å². The van der Waals surface area contributed by atoms with Gasteiger partial charge in [-0.3, -0.25) is 0 Å². The lowest BCUT2D eigenvalue weighted by molar-refractivity contribution is 0.489. The van der Waals surface area contributed by atoms with Gasteiger partial charge in [0.05, 0.1) is 16.8 Å². The van der Waals surface area contributed by atoms with Gasteiger partial charge in [0.15, 0.2) is 0 Å². The molecule has 3 aromatic rings. The van der Waals surface area contributed by atoms with Crippen LogP contribution in [0.25, 0.3) is 10.1 Å². The number of hydrogen-bond donors (Lipinski definition) is 1. The predicted molar refractivity (Wildman–Crippen MR) is 74.3 cm³/mol. The monoisotopic (exact) mass is 307 g/mol. The summed E-state index contributed by atoms with van der Waals surface area (Å²) < 4.78 is 7.58. The van der Waals surface area contributed by atoms with E-state index in [4.69, 9.17) is 10.2 Å². The van der Waals surface area contributed by atoms with Crippen LogP contribution in [0.15, 0.2) is 51.6 Å². The van der Waals surface area contributed by atoms with Crippen molar-refractivity contribution in [1.82, 2.24) is 0 Å². The van der Waals surface area contributed by atoms with Crippen molar-refractivity contribution in [1.29, 1.82) is 0 Å². The fourth-order valence-corrected chi connectivity index (χ4v) is 3.33. The second kappa shape index (κ2) is 4.29. The molecule has 1 atom stereocenters. The van der Waals surface area contributed by atoms with Gasteiger partial charge in [-0.25, -0.2) is 0 Å². The number of nitrogens with two attached hydrogens (primary N) is 1. The van der Waals surface area contributed by atoms with E-state index in [0.717, 1.165) is 15.1 Å². The van der Waals surface area contributed by atoms with Crippen LogP contribution in [0.4, 0.5) is 0 Å². The highest BCUT2D eigenvalue weighted by molar-refractivity contribution is 9.10. The third kappa shape index (κ3) is 1.92. The Morgan fingerprint density at radius 3 is 2.76 bits per heavy atom. The number of rotatable bonds is 2. The molecule has 2 aromatic heterocycles. The van der Waals surface area contributed by atoms with Gasteiger partial charge in [-0.2, -0.15) is 0 Å². The van der Waals surface area contributed by atoms with Crippen LogP contribution in [0.3, 0.4) is 0 Å². The van der Waals surface area contributed by atoms with E-state index >= 15 is 0 Å². The molecule has 0 fully saturated rings. The molecular weight excluding hydrogens is 298 g/mol. The van der Waals surface area contributed by atoms with Crippen LogP contribution < -0.4 is 5.73 Å². The Morgan fingerprint density at radius 2 is 2.06 bits per heavy atom. The molecule has 0 spiro atoms. The van der Waals surface area contributed by atoms with Gasteiger partial charge in [0, 0.05) is 9.58 Å². The zero-order chi connectivity index (χ0) is 11.8. The first-order chi connectivity index (χ1) is 8.25. The lowest BCUT2D eigenvalue weighted by Crippen LogP contribution is -2.09. The maximum atomic E-state index is 6.21. The molecule has 4 heteroatoms. The molecule has 1 aromatic carbocycles. The summed E-state index contributed by atoms with van der Waals surface area (Å²) in [7, 11) is 0. The zero-order valence-corrected chi connectivity index (χ0v) is 11.3. The van der Waals surface area contributed by atoms with E-state index in [1.54, 1.807) is 17.6 Å². The van der Waals surface area contributed by atoms with Gasteiger partial charge in [0.25, 0.3) is 0 Å². The quantitative estimate of drug-likeness (QED) is 0.766. The van der Waals surface area contributed by atoms with Crippen LogP contribution >= 0.6 is 27.3 Å². The molecule has 2 nitrogen and oxygen atoms in total. The van der Waals surface area contributed by atoms with Gasteiger partial charge in [-0.05, 0) is 39.5 Å². The molecule has 0 aliphatic heterocycles. The first-order valence-corrected chi connectivity index (χ1v) is 6.83. The van der Waals surface area contributed by atoms with Gasteiger partial charge >= 0.3 is 0 Å². The molecule has 86 valence electrons. The molecule has 1 unspecified atom stereocenters. The summed E-state index contributed by atoms with van der Waals surface area (Å²) in [4.78, 5) is 1.11. The molecule has 17 heavy (non-hydrogen) atoms. The highest BCUT2D eigenvalue weighted by atomic mass is 79.9. The minimum Gasteiger partial charge on any atom is -0.466 e. The Bertz CT molecular complexity index is 625. The Labute approximate surface area is 111 Å². The molecule has 0 saturated carbocycles. The maximum absolute atomic E-state index is 6.21. The van der Waals surface area contributed by atoms with Crippen LogP contribution in [0, 0.1) is 0 Å². The second-order valence-corrected chi connectivity index (χ2v) is 5.77. The Kier molecular flexibility index (Phi) is 2.78. The van der Waals surface area contributed by atoms with Crippen molar-refractivity contribution in [2.75, 3.05) is 0 Å². The number of benzene rings is 1. The molecule has 2 N–H and O–H groups in total. The van der Waals surface area contributed by atoms with Crippen molar-refractivity contribution in [3.63, 3.8) is 0 Å². The zero-order valence-electron chi connectivity index (χ0n) is 8.89. The number of hydrogen-bond acceptors (Lipinski definition) is 3. The van der Waals surface area contributed by atoms with Crippen LogP contribution in [0.5, 0.6) is 0 Å². The summed E-state index contributed by atoms with van der Waals surface area (Å²) in [6.07, 6.45) is 1.65. The van der Waals surface area contributed by atoms with Gasteiger partial charge in [0.2, 0.25) is 0 Å². The molecule has 3 rings (SSSR count). The third-order valence-electron chi connectivity index (χ3n) is 2.68. The number of furan rings is 1. The molecule has 0 aliphatic carbocycles. The molecule has 2 heterocycles. The average molecular weight is 308 g/mol. The van der Waals surface area contributed by atoms with Crippen LogP contribution in [0.1, 0.15) is 16.7 Å². The van der Waals surface area contributed by atoms with E-state index in [-0.39, 0.29) is 6.04 Å². The first kappa shape index (κ1) is 11.0. The van der Waals surface area contributed by atoms with E-state index in [1.807, 2.05) is 18.2 Å². The fraction of sp³-hybridized carbons (Fsp3) is 0.0769. The standard InChI is InChI=1S/C13H10BrNOS/c14-9-5-6-16-13(9)12(15)11-7-8-3-1-2-4-10(8)17-11/h1-7,12H,15H2. The molecule has 0 amide bonds. The minimum absolute atomic E-state index is 0.211. The highest BCUT2D eigenvalue weighted by Crippen LogP contribution is 2.34. The first-order valence-electron chi connectivity index (χ1n) is 5.22. The summed E-state index contributed by atoms with van der Waals surface area (Å²) >= 11 is 5.15. The lowest BCUT2D eigenvalue weighted by Gasteiger charge is -2.06. The fourth-order valence-electron chi connectivity index (χ4n) is 1.81. The SMILES string of the molecule is NC(c1cc2ccccc2s1)c1occc1Br. The van der Waals surface area contributed by atoms with Crippen molar-refractivity contribution in [3.05, 3.63) is 57.8 Å². The number of thiophene rings is 1. The van der Waals surface area contributed by atoms with Crippen molar-refractivity contribution in [2.24, 2.45) is 5.73 Å². The van der Waals surface area contributed by atoms with Gasteiger partial charge in [-0.15, -0.1) is 11.3 Å². The number of halogens is 1. The summed E-state index contributed by atoms with van der Waals surface area (Å²) in [6, 6.07) is 12.1. The van der Waals surface area contributed by atoms with Crippen molar-refractivity contribution in [2.45, 2.75) is 6.04 Å². The average Bonchev–Trinajstić information content (AvgIpc) is 2.93. The highest BCUT2D eigenvalue weighted by Gasteiger charge is 2.17. The van der Waals surface area contributed by atoms with Crippen molar-refractivity contribution in [3.8, 4) is 0 Å². The lowest BCUT2D eigenvalue weighted by atomic mass is 10.2.